The third-order valence-corrected chi connectivity index (χ3v) is 8.17. The second-order valence-corrected chi connectivity index (χ2v) is 15.7. The zero-order valence-corrected chi connectivity index (χ0v) is 27.9. The van der Waals surface area contributed by atoms with Crippen molar-refractivity contribution in [1.82, 2.24) is 0 Å². The Hall–Kier alpha value is -2.34. The third kappa shape index (κ3) is 6.21. The van der Waals surface area contributed by atoms with E-state index in [2.05, 4.69) is 152 Å². The molecule has 0 saturated heterocycles. The Morgan fingerprint density at radius 2 is 0.846 bits per heavy atom. The Bertz CT molecular complexity index is 1280. The van der Waals surface area contributed by atoms with Crippen molar-refractivity contribution in [2.45, 2.75) is 138 Å². The standard InChI is InChI=1S/C39H56/c1-24(2)27-19-16-17-20-30(27)34-31(37(7,8)9)23-32(38(10,11)12)35(36(34)39(13,14)15)33-28(25(3)4)21-18-22-29(33)26(5)6/h16-26H,1-15H3. The first-order valence-electron chi connectivity index (χ1n) is 15.2. The summed E-state index contributed by atoms with van der Waals surface area (Å²) in [7, 11) is 0. The van der Waals surface area contributed by atoms with Crippen molar-refractivity contribution in [1.29, 1.82) is 0 Å². The van der Waals surface area contributed by atoms with Crippen molar-refractivity contribution in [3.8, 4) is 22.3 Å². The fourth-order valence-corrected chi connectivity index (χ4v) is 6.22. The zero-order chi connectivity index (χ0) is 29.7. The molecule has 0 atom stereocenters. The number of rotatable bonds is 5. The van der Waals surface area contributed by atoms with Gasteiger partial charge in [0.2, 0.25) is 0 Å². The molecule has 0 N–H and O–H groups in total. The van der Waals surface area contributed by atoms with Gasteiger partial charge >= 0.3 is 0 Å². The topological polar surface area (TPSA) is 0 Å². The van der Waals surface area contributed by atoms with Gasteiger partial charge in [0.1, 0.15) is 0 Å². The van der Waals surface area contributed by atoms with Gasteiger partial charge in [-0.2, -0.15) is 0 Å². The maximum Gasteiger partial charge on any atom is -0.00970 e. The van der Waals surface area contributed by atoms with Gasteiger partial charge in [-0.1, -0.05) is 152 Å². The molecule has 3 aromatic carbocycles. The summed E-state index contributed by atoms with van der Waals surface area (Å²) in [5, 5.41) is 0. The summed E-state index contributed by atoms with van der Waals surface area (Å²) in [4.78, 5) is 0. The lowest BCUT2D eigenvalue weighted by molar-refractivity contribution is 0.552. The van der Waals surface area contributed by atoms with Crippen LogP contribution in [0.1, 0.15) is 155 Å². The fraction of sp³-hybridized carbons (Fsp3) is 0.538. The smallest absolute Gasteiger partial charge is 0.00970 e. The highest BCUT2D eigenvalue weighted by Crippen LogP contribution is 2.53. The minimum atomic E-state index is -0.0612. The maximum absolute atomic E-state index is 2.60. The van der Waals surface area contributed by atoms with Crippen LogP contribution in [0.2, 0.25) is 0 Å². The van der Waals surface area contributed by atoms with E-state index in [-0.39, 0.29) is 16.2 Å². The number of hydrogen-bond donors (Lipinski definition) is 0. The largest absolute Gasteiger partial charge is 0.0619 e. The first-order valence-corrected chi connectivity index (χ1v) is 15.2. The van der Waals surface area contributed by atoms with Gasteiger partial charge in [0.15, 0.2) is 0 Å². The molecular weight excluding hydrogens is 468 g/mol. The molecule has 0 unspecified atom stereocenters. The van der Waals surface area contributed by atoms with Gasteiger partial charge in [-0.3, -0.25) is 0 Å². The van der Waals surface area contributed by atoms with E-state index in [1.54, 1.807) is 0 Å². The third-order valence-electron chi connectivity index (χ3n) is 8.17. The van der Waals surface area contributed by atoms with Gasteiger partial charge in [-0.15, -0.1) is 0 Å². The van der Waals surface area contributed by atoms with Gasteiger partial charge < -0.3 is 0 Å². The lowest BCUT2D eigenvalue weighted by Crippen LogP contribution is -2.26. The van der Waals surface area contributed by atoms with Crippen LogP contribution in [0.25, 0.3) is 22.3 Å². The Morgan fingerprint density at radius 1 is 0.436 bits per heavy atom. The second kappa shape index (κ2) is 10.9. The van der Waals surface area contributed by atoms with Crippen molar-refractivity contribution in [3.05, 3.63) is 81.9 Å². The van der Waals surface area contributed by atoms with Crippen LogP contribution in [0.5, 0.6) is 0 Å². The summed E-state index contributed by atoms with van der Waals surface area (Å²) in [6, 6.07) is 18.8. The van der Waals surface area contributed by atoms with E-state index in [1.165, 1.54) is 55.6 Å². The van der Waals surface area contributed by atoms with E-state index >= 15 is 0 Å². The highest BCUT2D eigenvalue weighted by Gasteiger charge is 2.36. The molecule has 0 radical (unpaired) electrons. The lowest BCUT2D eigenvalue weighted by atomic mass is 9.65. The second-order valence-electron chi connectivity index (χ2n) is 15.7. The average Bonchev–Trinajstić information content (AvgIpc) is 2.80. The van der Waals surface area contributed by atoms with Gasteiger partial charge in [0.05, 0.1) is 0 Å². The molecule has 0 saturated carbocycles. The molecule has 0 aromatic heterocycles. The Kier molecular flexibility index (Phi) is 8.73. The highest BCUT2D eigenvalue weighted by molar-refractivity contribution is 5.89. The molecule has 0 aliphatic carbocycles. The minimum absolute atomic E-state index is 0.00357. The first-order chi connectivity index (χ1) is 17.8. The molecule has 0 nitrogen and oxygen atoms in total. The molecule has 0 heterocycles. The molecule has 212 valence electrons. The summed E-state index contributed by atoms with van der Waals surface area (Å²) >= 11 is 0. The first kappa shape index (κ1) is 31.2. The molecule has 3 rings (SSSR count). The normalized spacial score (nSPS) is 13.2. The molecule has 0 amide bonds. The minimum Gasteiger partial charge on any atom is -0.0619 e. The molecule has 0 aliphatic rings. The van der Waals surface area contributed by atoms with E-state index in [0.29, 0.717) is 17.8 Å². The van der Waals surface area contributed by atoms with Gasteiger partial charge in [0, 0.05) is 0 Å². The molecular formula is C39H56. The van der Waals surface area contributed by atoms with Crippen molar-refractivity contribution < 1.29 is 0 Å². The Morgan fingerprint density at radius 3 is 1.26 bits per heavy atom. The van der Waals surface area contributed by atoms with Crippen LogP contribution in [0.15, 0.2) is 48.5 Å². The van der Waals surface area contributed by atoms with E-state index in [9.17, 15) is 0 Å². The Labute approximate surface area is 241 Å². The fourth-order valence-electron chi connectivity index (χ4n) is 6.22. The van der Waals surface area contributed by atoms with E-state index in [4.69, 9.17) is 0 Å². The highest BCUT2D eigenvalue weighted by atomic mass is 14.4. The van der Waals surface area contributed by atoms with Crippen molar-refractivity contribution in [2.75, 3.05) is 0 Å². The van der Waals surface area contributed by atoms with Crippen LogP contribution >= 0.6 is 0 Å². The average molecular weight is 525 g/mol. The van der Waals surface area contributed by atoms with Crippen LogP contribution in [0.3, 0.4) is 0 Å². The van der Waals surface area contributed by atoms with Gasteiger partial charge in [-0.05, 0) is 89.6 Å². The molecule has 0 heteroatoms. The van der Waals surface area contributed by atoms with Crippen LogP contribution in [-0.4, -0.2) is 0 Å². The summed E-state index contributed by atoms with van der Waals surface area (Å²) in [6.07, 6.45) is 0. The van der Waals surface area contributed by atoms with Crippen LogP contribution < -0.4 is 0 Å². The zero-order valence-electron chi connectivity index (χ0n) is 27.9. The quantitative estimate of drug-likeness (QED) is 0.311. The molecule has 0 fully saturated rings. The van der Waals surface area contributed by atoms with Crippen molar-refractivity contribution in [3.63, 3.8) is 0 Å². The van der Waals surface area contributed by atoms with E-state index in [1.807, 2.05) is 0 Å². The lowest BCUT2D eigenvalue weighted by Gasteiger charge is -2.39. The predicted octanol–water partition coefficient (Wildman–Crippen LogP) is 12.3. The summed E-state index contributed by atoms with van der Waals surface area (Å²) in [5.74, 6) is 1.32. The summed E-state index contributed by atoms with van der Waals surface area (Å²) in [6.45, 7) is 35.8. The van der Waals surface area contributed by atoms with E-state index in [0.717, 1.165) is 0 Å². The summed E-state index contributed by atoms with van der Waals surface area (Å²) in [5.41, 5.74) is 14.5. The maximum atomic E-state index is 2.60. The predicted molar refractivity (Wildman–Crippen MR) is 176 cm³/mol. The molecule has 39 heavy (non-hydrogen) atoms. The van der Waals surface area contributed by atoms with Crippen molar-refractivity contribution in [2.24, 2.45) is 0 Å². The molecule has 0 spiro atoms. The number of benzene rings is 3. The SMILES string of the molecule is CC(C)c1ccccc1-c1c(C(C)(C)C)cc(C(C)(C)C)c(-c2c(C(C)C)cccc2C(C)C)c1C(C)(C)C. The van der Waals surface area contributed by atoms with Crippen molar-refractivity contribution >= 4 is 0 Å². The van der Waals surface area contributed by atoms with Gasteiger partial charge in [-0.25, -0.2) is 0 Å². The Balaban J connectivity index is 2.83. The van der Waals surface area contributed by atoms with Crippen LogP contribution in [0.4, 0.5) is 0 Å². The van der Waals surface area contributed by atoms with Gasteiger partial charge in [0.25, 0.3) is 0 Å². The monoisotopic (exact) mass is 524 g/mol. The molecule has 3 aromatic rings. The van der Waals surface area contributed by atoms with Crippen LogP contribution in [-0.2, 0) is 16.2 Å². The van der Waals surface area contributed by atoms with Crippen LogP contribution in [0, 0.1) is 0 Å². The molecule has 0 bridgehead atoms. The summed E-state index contributed by atoms with van der Waals surface area (Å²) < 4.78 is 0. The number of hydrogen-bond acceptors (Lipinski definition) is 0. The van der Waals surface area contributed by atoms with E-state index < -0.39 is 0 Å². The molecule has 0 aliphatic heterocycles.